The summed E-state index contributed by atoms with van der Waals surface area (Å²) in [6.07, 6.45) is 11.0. The van der Waals surface area contributed by atoms with Gasteiger partial charge in [0.1, 0.15) is 0 Å². The van der Waals surface area contributed by atoms with Crippen LogP contribution in [-0.4, -0.2) is 36.6 Å². The maximum atomic E-state index is 3.77. The summed E-state index contributed by atoms with van der Waals surface area (Å²) in [5.41, 5.74) is 0. The summed E-state index contributed by atoms with van der Waals surface area (Å²) in [6.45, 7) is 13.2. The molecular formula is C18H38N2. The molecule has 0 aromatic rings. The smallest absolute Gasteiger partial charge is 0.0220 e. The predicted octanol–water partition coefficient (Wildman–Crippen LogP) is 4.45. The molecule has 0 bridgehead atoms. The molecule has 1 aliphatic rings. The fourth-order valence-corrected chi connectivity index (χ4v) is 3.23. The van der Waals surface area contributed by atoms with Gasteiger partial charge >= 0.3 is 0 Å². The lowest BCUT2D eigenvalue weighted by molar-refractivity contribution is 0.184. The van der Waals surface area contributed by atoms with E-state index in [0.717, 1.165) is 12.0 Å². The van der Waals surface area contributed by atoms with Crippen LogP contribution in [0.5, 0.6) is 0 Å². The molecule has 1 heterocycles. The topological polar surface area (TPSA) is 15.3 Å². The average molecular weight is 283 g/mol. The van der Waals surface area contributed by atoms with Gasteiger partial charge in [-0.25, -0.2) is 0 Å². The Balaban J connectivity index is 2.29. The van der Waals surface area contributed by atoms with Crippen molar-refractivity contribution in [2.24, 2.45) is 5.92 Å². The van der Waals surface area contributed by atoms with Crippen molar-refractivity contribution in [1.29, 1.82) is 0 Å². The lowest BCUT2D eigenvalue weighted by atomic mass is 9.98. The molecule has 3 atom stereocenters. The van der Waals surface area contributed by atoms with Crippen LogP contribution in [0.4, 0.5) is 0 Å². The number of nitrogens with one attached hydrogen (secondary N) is 1. The lowest BCUT2D eigenvalue weighted by Crippen LogP contribution is -2.43. The first-order valence-electron chi connectivity index (χ1n) is 9.16. The molecular weight excluding hydrogens is 244 g/mol. The van der Waals surface area contributed by atoms with Crippen LogP contribution in [0.3, 0.4) is 0 Å². The van der Waals surface area contributed by atoms with E-state index in [1.54, 1.807) is 0 Å². The van der Waals surface area contributed by atoms with Crippen LogP contribution in [0.25, 0.3) is 0 Å². The van der Waals surface area contributed by atoms with E-state index in [1.807, 2.05) is 0 Å². The van der Waals surface area contributed by atoms with E-state index in [1.165, 1.54) is 71.0 Å². The Kier molecular flexibility index (Phi) is 9.54. The molecule has 1 N–H and O–H groups in total. The van der Waals surface area contributed by atoms with E-state index < -0.39 is 0 Å². The Hall–Kier alpha value is -0.0800. The third-order valence-corrected chi connectivity index (χ3v) is 5.15. The van der Waals surface area contributed by atoms with Crippen molar-refractivity contribution in [3.05, 3.63) is 0 Å². The van der Waals surface area contributed by atoms with Gasteiger partial charge < -0.3 is 5.32 Å². The van der Waals surface area contributed by atoms with Crippen molar-refractivity contribution < 1.29 is 0 Å². The number of unbranched alkanes of at least 4 members (excludes halogenated alkanes) is 5. The molecule has 2 heteroatoms. The summed E-state index contributed by atoms with van der Waals surface area (Å²) < 4.78 is 0. The molecule has 1 rings (SSSR count). The first-order valence-corrected chi connectivity index (χ1v) is 9.16. The molecule has 0 saturated carbocycles. The third kappa shape index (κ3) is 6.58. The Morgan fingerprint density at radius 1 is 1.10 bits per heavy atom. The van der Waals surface area contributed by atoms with Crippen LogP contribution in [0.1, 0.15) is 79.1 Å². The highest BCUT2D eigenvalue weighted by atomic mass is 15.2. The molecule has 1 fully saturated rings. The first kappa shape index (κ1) is 18.0. The zero-order valence-electron chi connectivity index (χ0n) is 14.5. The molecule has 2 nitrogen and oxygen atoms in total. The second-order valence-electron chi connectivity index (χ2n) is 6.85. The summed E-state index contributed by atoms with van der Waals surface area (Å²) in [5, 5.41) is 3.77. The van der Waals surface area contributed by atoms with Gasteiger partial charge in [0.25, 0.3) is 0 Å². The van der Waals surface area contributed by atoms with Gasteiger partial charge in [-0.05, 0) is 38.8 Å². The molecule has 0 aromatic heterocycles. The zero-order chi connectivity index (χ0) is 14.8. The molecule has 20 heavy (non-hydrogen) atoms. The minimum atomic E-state index is 0.699. The van der Waals surface area contributed by atoms with E-state index in [4.69, 9.17) is 0 Å². The molecule has 0 aromatic carbocycles. The van der Waals surface area contributed by atoms with Crippen LogP contribution in [0.2, 0.25) is 0 Å². The van der Waals surface area contributed by atoms with Crippen molar-refractivity contribution >= 4 is 0 Å². The molecule has 1 saturated heterocycles. The highest BCUT2D eigenvalue weighted by Gasteiger charge is 2.25. The maximum absolute atomic E-state index is 3.77. The van der Waals surface area contributed by atoms with E-state index >= 15 is 0 Å². The number of nitrogens with zero attached hydrogens (tertiary/aromatic N) is 1. The normalized spacial score (nSPS) is 26.4. The van der Waals surface area contributed by atoms with Gasteiger partial charge in [-0.15, -0.1) is 0 Å². The molecule has 1 aliphatic heterocycles. The molecule has 0 radical (unpaired) electrons. The minimum Gasteiger partial charge on any atom is -0.312 e. The highest BCUT2D eigenvalue weighted by molar-refractivity contribution is 4.83. The van der Waals surface area contributed by atoms with Gasteiger partial charge in [0, 0.05) is 18.6 Å². The molecule has 0 spiro atoms. The summed E-state index contributed by atoms with van der Waals surface area (Å²) in [4.78, 5) is 2.75. The predicted molar refractivity (Wildman–Crippen MR) is 90.3 cm³/mol. The fraction of sp³-hybridized carbons (Fsp3) is 1.00. The van der Waals surface area contributed by atoms with Crippen molar-refractivity contribution in [2.45, 2.75) is 91.1 Å². The van der Waals surface area contributed by atoms with E-state index in [0.29, 0.717) is 6.04 Å². The van der Waals surface area contributed by atoms with E-state index in [9.17, 15) is 0 Å². The average Bonchev–Trinajstić information content (AvgIpc) is 2.64. The van der Waals surface area contributed by atoms with Crippen molar-refractivity contribution in [3.8, 4) is 0 Å². The van der Waals surface area contributed by atoms with Crippen molar-refractivity contribution in [2.75, 3.05) is 19.6 Å². The monoisotopic (exact) mass is 282 g/mol. The van der Waals surface area contributed by atoms with E-state index in [-0.39, 0.29) is 0 Å². The second kappa shape index (κ2) is 10.6. The number of rotatable bonds is 9. The standard InChI is InChI=1S/C18H38N2/c1-5-7-8-9-10-11-14-20-15-18(16(3)6-2)19-13-12-17(20)4/h16-19H,5-15H2,1-4H3. The first-order chi connectivity index (χ1) is 9.69. The molecule has 0 aliphatic carbocycles. The van der Waals surface area contributed by atoms with E-state index in [2.05, 4.69) is 37.9 Å². The quantitative estimate of drug-likeness (QED) is 0.629. The molecule has 3 unspecified atom stereocenters. The Morgan fingerprint density at radius 2 is 1.80 bits per heavy atom. The molecule has 120 valence electrons. The third-order valence-electron chi connectivity index (χ3n) is 5.15. The maximum Gasteiger partial charge on any atom is 0.0220 e. The Bertz CT molecular complexity index is 229. The number of hydrogen-bond donors (Lipinski definition) is 1. The summed E-state index contributed by atoms with van der Waals surface area (Å²) >= 11 is 0. The largest absolute Gasteiger partial charge is 0.312 e. The lowest BCUT2D eigenvalue weighted by Gasteiger charge is -2.31. The van der Waals surface area contributed by atoms with Crippen LogP contribution < -0.4 is 5.32 Å². The molecule has 0 amide bonds. The fourth-order valence-electron chi connectivity index (χ4n) is 3.23. The van der Waals surface area contributed by atoms with Gasteiger partial charge in [0.05, 0.1) is 0 Å². The van der Waals surface area contributed by atoms with Gasteiger partial charge in [-0.3, -0.25) is 4.90 Å². The van der Waals surface area contributed by atoms with Crippen LogP contribution in [0.15, 0.2) is 0 Å². The SMILES string of the molecule is CCCCCCCCN1CC(C(C)CC)NCCC1C. The summed E-state index contributed by atoms with van der Waals surface area (Å²) in [6, 6.07) is 1.46. The Labute approximate surface area is 127 Å². The Morgan fingerprint density at radius 3 is 2.50 bits per heavy atom. The van der Waals surface area contributed by atoms with Gasteiger partial charge in [0.15, 0.2) is 0 Å². The van der Waals surface area contributed by atoms with Crippen LogP contribution in [0, 0.1) is 5.92 Å². The highest BCUT2D eigenvalue weighted by Crippen LogP contribution is 2.17. The van der Waals surface area contributed by atoms with Gasteiger partial charge in [0.2, 0.25) is 0 Å². The van der Waals surface area contributed by atoms with Crippen LogP contribution in [-0.2, 0) is 0 Å². The van der Waals surface area contributed by atoms with Crippen molar-refractivity contribution in [1.82, 2.24) is 10.2 Å². The zero-order valence-corrected chi connectivity index (χ0v) is 14.5. The van der Waals surface area contributed by atoms with Gasteiger partial charge in [-0.1, -0.05) is 59.3 Å². The minimum absolute atomic E-state index is 0.699. The van der Waals surface area contributed by atoms with Gasteiger partial charge in [-0.2, -0.15) is 0 Å². The summed E-state index contributed by atoms with van der Waals surface area (Å²) in [5.74, 6) is 0.798. The van der Waals surface area contributed by atoms with Crippen LogP contribution >= 0.6 is 0 Å². The second-order valence-corrected chi connectivity index (χ2v) is 6.85. The number of hydrogen-bond acceptors (Lipinski definition) is 2. The summed E-state index contributed by atoms with van der Waals surface area (Å²) in [7, 11) is 0. The van der Waals surface area contributed by atoms with Crippen molar-refractivity contribution in [3.63, 3.8) is 0 Å².